The number of ether oxygens (including phenoxy) is 1. The number of piperidine rings is 1. The minimum Gasteiger partial charge on any atom is -0.383 e. The second-order valence-electron chi connectivity index (χ2n) is 6.74. The summed E-state index contributed by atoms with van der Waals surface area (Å²) in [5.74, 6) is 0.772. The number of carbonyl (C=O) groups is 1. The van der Waals surface area contributed by atoms with E-state index in [0.717, 1.165) is 32.8 Å². The van der Waals surface area contributed by atoms with E-state index in [2.05, 4.69) is 15.5 Å². The maximum atomic E-state index is 11.9. The van der Waals surface area contributed by atoms with Gasteiger partial charge >= 0.3 is 0 Å². The first-order chi connectivity index (χ1) is 9.40. The minimum absolute atomic E-state index is 0.130. The number of rotatable bonds is 7. The molecule has 5 nitrogen and oxygen atoms in total. The first-order valence-electron chi connectivity index (χ1n) is 7.64. The van der Waals surface area contributed by atoms with E-state index >= 15 is 0 Å². The monoisotopic (exact) mass is 285 g/mol. The van der Waals surface area contributed by atoms with Crippen LogP contribution >= 0.6 is 0 Å². The lowest BCUT2D eigenvalue weighted by Gasteiger charge is -2.33. The maximum absolute atomic E-state index is 11.9. The van der Waals surface area contributed by atoms with E-state index in [9.17, 15) is 4.79 Å². The molecule has 1 saturated heterocycles. The minimum atomic E-state index is -0.145. The number of likely N-dealkylation sites (tertiary alicyclic amines) is 1. The van der Waals surface area contributed by atoms with Gasteiger partial charge in [-0.05, 0) is 52.6 Å². The van der Waals surface area contributed by atoms with Crippen LogP contribution in [-0.4, -0.2) is 62.8 Å². The van der Waals surface area contributed by atoms with Gasteiger partial charge in [-0.3, -0.25) is 9.69 Å². The fourth-order valence-corrected chi connectivity index (χ4v) is 2.60. The van der Waals surface area contributed by atoms with Crippen LogP contribution in [0.5, 0.6) is 0 Å². The van der Waals surface area contributed by atoms with Crippen LogP contribution in [0.1, 0.15) is 33.6 Å². The predicted molar refractivity (Wildman–Crippen MR) is 81.8 cm³/mol. The van der Waals surface area contributed by atoms with Crippen molar-refractivity contribution in [2.45, 2.75) is 39.2 Å². The van der Waals surface area contributed by atoms with Crippen LogP contribution in [0, 0.1) is 5.92 Å². The fourth-order valence-electron chi connectivity index (χ4n) is 2.60. The first-order valence-corrected chi connectivity index (χ1v) is 7.64. The molecule has 1 heterocycles. The van der Waals surface area contributed by atoms with E-state index < -0.39 is 0 Å². The van der Waals surface area contributed by atoms with Crippen LogP contribution in [0.4, 0.5) is 0 Å². The summed E-state index contributed by atoms with van der Waals surface area (Å²) in [6, 6.07) is 0. The Balaban J connectivity index is 2.24. The SMILES string of the molecule is COCCNCC1CCCN(CC(=O)NC(C)(C)C)C1. The van der Waals surface area contributed by atoms with Gasteiger partial charge in [0.1, 0.15) is 0 Å². The predicted octanol–water partition coefficient (Wildman–Crippen LogP) is 0.849. The van der Waals surface area contributed by atoms with Crippen LogP contribution in [0.2, 0.25) is 0 Å². The molecule has 20 heavy (non-hydrogen) atoms. The topological polar surface area (TPSA) is 53.6 Å². The maximum Gasteiger partial charge on any atom is 0.234 e. The highest BCUT2D eigenvalue weighted by atomic mass is 16.5. The summed E-state index contributed by atoms with van der Waals surface area (Å²) >= 11 is 0. The molecule has 2 N–H and O–H groups in total. The molecule has 1 fully saturated rings. The lowest BCUT2D eigenvalue weighted by Crippen LogP contribution is -2.48. The molecule has 1 aliphatic rings. The number of amides is 1. The van der Waals surface area contributed by atoms with Crippen LogP contribution in [0.3, 0.4) is 0 Å². The Morgan fingerprint density at radius 3 is 2.80 bits per heavy atom. The highest BCUT2D eigenvalue weighted by Gasteiger charge is 2.22. The van der Waals surface area contributed by atoms with Crippen molar-refractivity contribution in [3.63, 3.8) is 0 Å². The van der Waals surface area contributed by atoms with Gasteiger partial charge in [-0.15, -0.1) is 0 Å². The van der Waals surface area contributed by atoms with Gasteiger partial charge in [0.05, 0.1) is 13.2 Å². The van der Waals surface area contributed by atoms with E-state index in [1.807, 2.05) is 20.8 Å². The Bertz CT molecular complexity index is 289. The molecule has 0 aromatic carbocycles. The van der Waals surface area contributed by atoms with Crippen LogP contribution in [0.25, 0.3) is 0 Å². The molecule has 0 saturated carbocycles. The molecule has 118 valence electrons. The number of hydrogen-bond donors (Lipinski definition) is 2. The second-order valence-corrected chi connectivity index (χ2v) is 6.74. The third-order valence-electron chi connectivity index (χ3n) is 3.40. The zero-order chi connectivity index (χ0) is 15.0. The summed E-state index contributed by atoms with van der Waals surface area (Å²) < 4.78 is 5.03. The van der Waals surface area contributed by atoms with Crippen molar-refractivity contribution in [1.82, 2.24) is 15.5 Å². The summed E-state index contributed by atoms with van der Waals surface area (Å²) in [6.45, 7) is 11.3. The average Bonchev–Trinajstić information content (AvgIpc) is 2.32. The zero-order valence-corrected chi connectivity index (χ0v) is 13.5. The van der Waals surface area contributed by atoms with Crippen molar-refractivity contribution in [2.24, 2.45) is 5.92 Å². The number of nitrogens with zero attached hydrogens (tertiary/aromatic N) is 1. The Morgan fingerprint density at radius 1 is 1.40 bits per heavy atom. The Labute approximate surface area is 123 Å². The Morgan fingerprint density at radius 2 is 2.15 bits per heavy atom. The molecule has 0 spiro atoms. The molecule has 1 atom stereocenters. The quantitative estimate of drug-likeness (QED) is 0.681. The number of nitrogens with one attached hydrogen (secondary N) is 2. The van der Waals surface area contributed by atoms with Crippen molar-refractivity contribution < 1.29 is 9.53 Å². The zero-order valence-electron chi connectivity index (χ0n) is 13.5. The molecule has 0 radical (unpaired) electrons. The van der Waals surface area contributed by atoms with Gasteiger partial charge in [-0.25, -0.2) is 0 Å². The molecule has 1 aliphatic heterocycles. The summed E-state index contributed by atoms with van der Waals surface area (Å²) in [4.78, 5) is 14.2. The van der Waals surface area contributed by atoms with Gasteiger partial charge in [0.15, 0.2) is 0 Å². The molecule has 0 aromatic heterocycles. The fraction of sp³-hybridized carbons (Fsp3) is 0.933. The van der Waals surface area contributed by atoms with Crippen LogP contribution in [-0.2, 0) is 9.53 Å². The van der Waals surface area contributed by atoms with Gasteiger partial charge < -0.3 is 15.4 Å². The third kappa shape index (κ3) is 7.82. The molecule has 0 aromatic rings. The summed E-state index contributed by atoms with van der Waals surface area (Å²) in [5.41, 5.74) is -0.145. The van der Waals surface area contributed by atoms with Gasteiger partial charge in [-0.2, -0.15) is 0 Å². The van der Waals surface area contributed by atoms with Gasteiger partial charge in [0.25, 0.3) is 0 Å². The lowest BCUT2D eigenvalue weighted by atomic mass is 9.98. The van der Waals surface area contributed by atoms with Crippen LogP contribution < -0.4 is 10.6 Å². The van der Waals surface area contributed by atoms with E-state index in [1.165, 1.54) is 12.8 Å². The smallest absolute Gasteiger partial charge is 0.234 e. The molecule has 0 aliphatic carbocycles. The van der Waals surface area contributed by atoms with Crippen molar-refractivity contribution in [3.8, 4) is 0 Å². The lowest BCUT2D eigenvalue weighted by molar-refractivity contribution is -0.124. The standard InChI is InChI=1S/C15H31N3O2/c1-15(2,3)17-14(19)12-18-8-5-6-13(11-18)10-16-7-9-20-4/h13,16H,5-12H2,1-4H3,(H,17,19). The number of carbonyl (C=O) groups excluding carboxylic acids is 1. The van der Waals surface area contributed by atoms with Crippen molar-refractivity contribution in [2.75, 3.05) is 46.4 Å². The van der Waals surface area contributed by atoms with Crippen LogP contribution in [0.15, 0.2) is 0 Å². The Hall–Kier alpha value is -0.650. The second kappa shape index (κ2) is 8.60. The molecular weight excluding hydrogens is 254 g/mol. The summed E-state index contributed by atoms with van der Waals surface area (Å²) in [5, 5.41) is 6.44. The Kier molecular flexibility index (Phi) is 7.48. The van der Waals surface area contributed by atoms with Gasteiger partial charge in [0, 0.05) is 25.7 Å². The third-order valence-corrected chi connectivity index (χ3v) is 3.40. The molecule has 1 amide bonds. The van der Waals surface area contributed by atoms with E-state index in [1.54, 1.807) is 7.11 Å². The van der Waals surface area contributed by atoms with Gasteiger partial charge in [-0.1, -0.05) is 0 Å². The molecule has 5 heteroatoms. The average molecular weight is 285 g/mol. The van der Waals surface area contributed by atoms with Crippen molar-refractivity contribution in [3.05, 3.63) is 0 Å². The van der Waals surface area contributed by atoms with E-state index in [4.69, 9.17) is 4.74 Å². The van der Waals surface area contributed by atoms with Crippen molar-refractivity contribution in [1.29, 1.82) is 0 Å². The highest BCUT2D eigenvalue weighted by molar-refractivity contribution is 5.78. The molecule has 1 rings (SSSR count). The normalized spacial score (nSPS) is 20.9. The first kappa shape index (κ1) is 17.4. The van der Waals surface area contributed by atoms with Crippen molar-refractivity contribution >= 4 is 5.91 Å². The van der Waals surface area contributed by atoms with E-state index in [-0.39, 0.29) is 11.4 Å². The number of methoxy groups -OCH3 is 1. The largest absolute Gasteiger partial charge is 0.383 e. The summed E-state index contributed by atoms with van der Waals surface area (Å²) in [7, 11) is 1.72. The molecular formula is C15H31N3O2. The van der Waals surface area contributed by atoms with E-state index in [0.29, 0.717) is 12.5 Å². The highest BCUT2D eigenvalue weighted by Crippen LogP contribution is 2.15. The van der Waals surface area contributed by atoms with Gasteiger partial charge in [0.2, 0.25) is 5.91 Å². The molecule has 0 bridgehead atoms. The summed E-state index contributed by atoms with van der Waals surface area (Å²) in [6.07, 6.45) is 2.43. The molecule has 1 unspecified atom stereocenters. The number of hydrogen-bond acceptors (Lipinski definition) is 4.